The maximum atomic E-state index is 11.9. The van der Waals surface area contributed by atoms with Crippen molar-refractivity contribution in [3.05, 3.63) is 0 Å². The summed E-state index contributed by atoms with van der Waals surface area (Å²) in [6.45, 7) is 5.36. The minimum absolute atomic E-state index is 0.0250. The molecule has 0 spiro atoms. The van der Waals surface area contributed by atoms with Crippen LogP contribution in [0, 0.1) is 5.41 Å². The first-order valence-electron chi connectivity index (χ1n) is 6.52. The second-order valence-electron chi connectivity index (χ2n) is 5.59. The summed E-state index contributed by atoms with van der Waals surface area (Å²) < 4.78 is 5.09. The molecular weight excluding hydrogens is 216 g/mol. The Bertz CT molecular complexity index is 260. The lowest BCUT2D eigenvalue weighted by Crippen LogP contribution is -2.52. The van der Waals surface area contributed by atoms with Gasteiger partial charge in [-0.25, -0.2) is 0 Å². The molecule has 1 unspecified atom stereocenters. The number of carbonyl (C=O) groups is 1. The molecule has 0 bridgehead atoms. The molecule has 0 saturated heterocycles. The van der Waals surface area contributed by atoms with E-state index in [1.807, 2.05) is 6.92 Å². The van der Waals surface area contributed by atoms with Crippen LogP contribution in [-0.4, -0.2) is 31.7 Å². The number of hydrogen-bond acceptors (Lipinski definition) is 3. The highest BCUT2D eigenvalue weighted by molar-refractivity contribution is 5.85. The first-order chi connectivity index (χ1) is 7.96. The molecule has 1 amide bonds. The predicted octanol–water partition coefficient (Wildman–Crippen LogP) is 1.44. The van der Waals surface area contributed by atoms with Crippen LogP contribution in [0.2, 0.25) is 0 Å². The van der Waals surface area contributed by atoms with Gasteiger partial charge < -0.3 is 15.8 Å². The Balaban J connectivity index is 2.33. The number of nitrogens with two attached hydrogens (primary N) is 1. The van der Waals surface area contributed by atoms with Crippen LogP contribution in [0.25, 0.3) is 0 Å². The zero-order valence-corrected chi connectivity index (χ0v) is 11.3. The van der Waals surface area contributed by atoms with E-state index in [0.717, 1.165) is 32.4 Å². The van der Waals surface area contributed by atoms with E-state index in [-0.39, 0.29) is 11.3 Å². The summed E-state index contributed by atoms with van der Waals surface area (Å²) in [4.78, 5) is 11.9. The van der Waals surface area contributed by atoms with Gasteiger partial charge in [-0.05, 0) is 38.0 Å². The van der Waals surface area contributed by atoms with E-state index >= 15 is 0 Å². The molecule has 100 valence electrons. The summed E-state index contributed by atoms with van der Waals surface area (Å²) in [5.41, 5.74) is 5.54. The monoisotopic (exact) mass is 242 g/mol. The lowest BCUT2D eigenvalue weighted by atomic mass is 9.95. The Hall–Kier alpha value is -0.610. The Morgan fingerprint density at radius 1 is 1.53 bits per heavy atom. The molecule has 0 aromatic rings. The van der Waals surface area contributed by atoms with Crippen LogP contribution in [0.1, 0.15) is 46.0 Å². The number of ether oxygens (including phenoxy) is 1. The van der Waals surface area contributed by atoms with Gasteiger partial charge in [0.15, 0.2) is 0 Å². The molecule has 1 fully saturated rings. The number of rotatable bonds is 8. The van der Waals surface area contributed by atoms with Gasteiger partial charge in [0.25, 0.3) is 0 Å². The molecule has 1 aliphatic carbocycles. The first-order valence-corrected chi connectivity index (χ1v) is 6.52. The molecule has 0 heterocycles. The molecule has 0 aromatic carbocycles. The van der Waals surface area contributed by atoms with Gasteiger partial charge >= 0.3 is 0 Å². The Kier molecular flexibility index (Phi) is 4.95. The third-order valence-electron chi connectivity index (χ3n) is 3.71. The van der Waals surface area contributed by atoms with Gasteiger partial charge in [0.2, 0.25) is 5.91 Å². The van der Waals surface area contributed by atoms with Crippen molar-refractivity contribution >= 4 is 5.91 Å². The van der Waals surface area contributed by atoms with Gasteiger partial charge in [0, 0.05) is 20.3 Å². The molecular formula is C13H26N2O2. The van der Waals surface area contributed by atoms with Gasteiger partial charge in [-0.1, -0.05) is 13.3 Å². The summed E-state index contributed by atoms with van der Waals surface area (Å²) >= 11 is 0. The van der Waals surface area contributed by atoms with Crippen LogP contribution in [0.15, 0.2) is 0 Å². The summed E-state index contributed by atoms with van der Waals surface area (Å²) in [5, 5.41) is 3.00. The van der Waals surface area contributed by atoms with Crippen LogP contribution < -0.4 is 11.1 Å². The molecule has 0 aromatic heterocycles. The van der Waals surface area contributed by atoms with Crippen molar-refractivity contribution in [2.75, 3.05) is 20.3 Å². The van der Waals surface area contributed by atoms with Crippen molar-refractivity contribution in [1.29, 1.82) is 0 Å². The molecule has 1 atom stereocenters. The van der Waals surface area contributed by atoms with E-state index in [1.54, 1.807) is 14.0 Å². The number of hydrogen-bond donors (Lipinski definition) is 2. The van der Waals surface area contributed by atoms with E-state index in [0.29, 0.717) is 0 Å². The molecule has 4 nitrogen and oxygen atoms in total. The van der Waals surface area contributed by atoms with E-state index in [1.165, 1.54) is 12.8 Å². The fraction of sp³-hybridized carbons (Fsp3) is 0.923. The van der Waals surface area contributed by atoms with Gasteiger partial charge in [0.1, 0.15) is 0 Å². The van der Waals surface area contributed by atoms with E-state index in [4.69, 9.17) is 10.5 Å². The second-order valence-corrected chi connectivity index (χ2v) is 5.59. The smallest absolute Gasteiger partial charge is 0.239 e. The van der Waals surface area contributed by atoms with Crippen LogP contribution in [-0.2, 0) is 9.53 Å². The number of methoxy groups -OCH3 is 1. The van der Waals surface area contributed by atoms with Crippen LogP contribution >= 0.6 is 0 Å². The fourth-order valence-corrected chi connectivity index (χ4v) is 2.11. The SMILES string of the molecule is CCCC(C)(N)C(=O)NCC1(CCOC)CC1. The summed E-state index contributed by atoms with van der Waals surface area (Å²) in [5.74, 6) is -0.0250. The minimum Gasteiger partial charge on any atom is -0.385 e. The standard InChI is InChI=1S/C13H26N2O2/c1-4-5-12(2,14)11(16)15-10-13(6-7-13)8-9-17-3/h4-10,14H2,1-3H3,(H,15,16). The molecule has 3 N–H and O–H groups in total. The third kappa shape index (κ3) is 4.28. The van der Waals surface area contributed by atoms with Crippen molar-refractivity contribution in [3.63, 3.8) is 0 Å². The molecule has 4 heteroatoms. The second kappa shape index (κ2) is 5.83. The lowest BCUT2D eigenvalue weighted by Gasteiger charge is -2.24. The number of carbonyl (C=O) groups excluding carboxylic acids is 1. The quantitative estimate of drug-likeness (QED) is 0.677. The van der Waals surface area contributed by atoms with Crippen LogP contribution in [0.5, 0.6) is 0 Å². The molecule has 0 aliphatic heterocycles. The van der Waals surface area contributed by atoms with Crippen LogP contribution in [0.3, 0.4) is 0 Å². The number of nitrogens with one attached hydrogen (secondary N) is 1. The molecule has 17 heavy (non-hydrogen) atoms. The maximum Gasteiger partial charge on any atom is 0.239 e. The first kappa shape index (κ1) is 14.5. The average molecular weight is 242 g/mol. The molecule has 1 saturated carbocycles. The van der Waals surface area contributed by atoms with E-state index in [9.17, 15) is 4.79 Å². The van der Waals surface area contributed by atoms with Crippen molar-refractivity contribution in [2.24, 2.45) is 11.1 Å². The minimum atomic E-state index is -0.730. The van der Waals surface area contributed by atoms with Gasteiger partial charge in [-0.15, -0.1) is 0 Å². The summed E-state index contributed by atoms with van der Waals surface area (Å²) in [7, 11) is 1.72. The Morgan fingerprint density at radius 3 is 2.65 bits per heavy atom. The highest BCUT2D eigenvalue weighted by atomic mass is 16.5. The number of amides is 1. The summed E-state index contributed by atoms with van der Waals surface area (Å²) in [6, 6.07) is 0. The molecule has 1 aliphatic rings. The normalized spacial score (nSPS) is 20.7. The molecule has 0 radical (unpaired) electrons. The van der Waals surface area contributed by atoms with Gasteiger partial charge in [-0.2, -0.15) is 0 Å². The zero-order chi connectivity index (χ0) is 12.9. The predicted molar refractivity (Wildman–Crippen MR) is 68.7 cm³/mol. The third-order valence-corrected chi connectivity index (χ3v) is 3.71. The fourth-order valence-electron chi connectivity index (χ4n) is 2.11. The lowest BCUT2D eigenvalue weighted by molar-refractivity contribution is -0.126. The van der Waals surface area contributed by atoms with Crippen molar-refractivity contribution < 1.29 is 9.53 Å². The van der Waals surface area contributed by atoms with Crippen molar-refractivity contribution in [2.45, 2.75) is 51.5 Å². The average Bonchev–Trinajstić information content (AvgIpc) is 3.04. The van der Waals surface area contributed by atoms with E-state index in [2.05, 4.69) is 5.32 Å². The largest absolute Gasteiger partial charge is 0.385 e. The topological polar surface area (TPSA) is 64.4 Å². The van der Waals surface area contributed by atoms with Crippen molar-refractivity contribution in [1.82, 2.24) is 5.32 Å². The summed E-state index contributed by atoms with van der Waals surface area (Å²) in [6.07, 6.45) is 5.05. The maximum absolute atomic E-state index is 11.9. The highest BCUT2D eigenvalue weighted by Crippen LogP contribution is 2.48. The van der Waals surface area contributed by atoms with Crippen molar-refractivity contribution in [3.8, 4) is 0 Å². The van der Waals surface area contributed by atoms with Gasteiger partial charge in [0.05, 0.1) is 5.54 Å². The Morgan fingerprint density at radius 2 is 2.18 bits per heavy atom. The molecule has 1 rings (SSSR count). The Labute approximate surface area is 104 Å². The van der Waals surface area contributed by atoms with Gasteiger partial charge in [-0.3, -0.25) is 4.79 Å². The van der Waals surface area contributed by atoms with Crippen LogP contribution in [0.4, 0.5) is 0 Å². The zero-order valence-electron chi connectivity index (χ0n) is 11.3. The van der Waals surface area contributed by atoms with E-state index < -0.39 is 5.54 Å². The highest BCUT2D eigenvalue weighted by Gasteiger charge is 2.42.